The van der Waals surface area contributed by atoms with Crippen LogP contribution in [0.15, 0.2) is 52.3 Å². The number of amides is 1. The Morgan fingerprint density at radius 2 is 2.00 bits per heavy atom. The van der Waals surface area contributed by atoms with E-state index in [4.69, 9.17) is 10.5 Å². The second-order valence-electron chi connectivity index (χ2n) is 7.15. The minimum absolute atomic E-state index is 0.0184. The van der Waals surface area contributed by atoms with Crippen molar-refractivity contribution in [2.24, 2.45) is 0 Å². The fraction of sp³-hybridized carbons (Fsp3) is 0.217. The molecule has 7 heteroatoms. The standard InChI is InChI=1S/C23H22N2O4S/c1-29-10-4-9-25-22(26)16-12-17(24)20-14(21(16)23(27)28)7-8-19-15(20)11-13-5-2-3-6-18(13)30-19/h2-3,5-8,12H,4,9-11,24H2,1H3,(H,25,26)(H,27,28). The van der Waals surface area contributed by atoms with Crippen molar-refractivity contribution >= 4 is 40.1 Å². The molecule has 4 rings (SSSR count). The van der Waals surface area contributed by atoms with Gasteiger partial charge in [0, 0.05) is 47.5 Å². The minimum atomic E-state index is -1.15. The first-order valence-corrected chi connectivity index (χ1v) is 10.5. The molecule has 0 spiro atoms. The summed E-state index contributed by atoms with van der Waals surface area (Å²) in [7, 11) is 1.59. The number of anilines is 1. The van der Waals surface area contributed by atoms with Crippen LogP contribution in [-0.4, -0.2) is 37.2 Å². The zero-order chi connectivity index (χ0) is 21.3. The number of carbonyl (C=O) groups is 2. The van der Waals surface area contributed by atoms with Gasteiger partial charge in [-0.3, -0.25) is 4.79 Å². The molecule has 4 N–H and O–H groups in total. The molecule has 1 aliphatic rings. The molecular weight excluding hydrogens is 400 g/mol. The molecule has 1 aliphatic heterocycles. The number of benzene rings is 3. The Morgan fingerprint density at radius 3 is 2.77 bits per heavy atom. The Kier molecular flexibility index (Phi) is 5.65. The van der Waals surface area contributed by atoms with Crippen molar-refractivity contribution < 1.29 is 19.4 Å². The van der Waals surface area contributed by atoms with E-state index in [2.05, 4.69) is 17.4 Å². The van der Waals surface area contributed by atoms with Crippen LogP contribution in [0.4, 0.5) is 5.69 Å². The molecule has 0 aromatic heterocycles. The van der Waals surface area contributed by atoms with Crippen molar-refractivity contribution in [3.05, 3.63) is 64.7 Å². The number of fused-ring (bicyclic) bond motifs is 4. The average molecular weight is 423 g/mol. The lowest BCUT2D eigenvalue weighted by Gasteiger charge is -2.22. The number of carbonyl (C=O) groups excluding carboxylic acids is 1. The van der Waals surface area contributed by atoms with E-state index < -0.39 is 11.9 Å². The third-order valence-corrected chi connectivity index (χ3v) is 6.45. The highest BCUT2D eigenvalue weighted by atomic mass is 32.2. The maximum atomic E-state index is 12.7. The predicted molar refractivity (Wildman–Crippen MR) is 118 cm³/mol. The summed E-state index contributed by atoms with van der Waals surface area (Å²) in [6, 6.07) is 13.3. The van der Waals surface area contributed by atoms with Crippen molar-refractivity contribution in [3.63, 3.8) is 0 Å². The van der Waals surface area contributed by atoms with Crippen molar-refractivity contribution in [2.45, 2.75) is 22.6 Å². The first-order chi connectivity index (χ1) is 14.5. The summed E-state index contributed by atoms with van der Waals surface area (Å²) in [6.07, 6.45) is 1.31. The van der Waals surface area contributed by atoms with Crippen LogP contribution in [0.25, 0.3) is 10.8 Å². The molecule has 0 aliphatic carbocycles. The summed E-state index contributed by atoms with van der Waals surface area (Å²) in [5.41, 5.74) is 9.03. The topological polar surface area (TPSA) is 102 Å². The lowest BCUT2D eigenvalue weighted by molar-refractivity contribution is 0.0693. The number of ether oxygens (including phenoxy) is 1. The average Bonchev–Trinajstić information content (AvgIpc) is 2.74. The Balaban J connectivity index is 1.81. The number of methoxy groups -OCH3 is 1. The highest BCUT2D eigenvalue weighted by Gasteiger charge is 2.26. The lowest BCUT2D eigenvalue weighted by Crippen LogP contribution is -2.27. The lowest BCUT2D eigenvalue weighted by atomic mass is 9.91. The predicted octanol–water partition coefficient (Wildman–Crippen LogP) is 3.94. The summed E-state index contributed by atoms with van der Waals surface area (Å²) in [4.78, 5) is 27.1. The number of carboxylic acid groups (broad SMARTS) is 1. The Labute approximate surface area is 178 Å². The zero-order valence-corrected chi connectivity index (χ0v) is 17.3. The summed E-state index contributed by atoms with van der Waals surface area (Å²) >= 11 is 1.65. The molecule has 0 atom stereocenters. The maximum Gasteiger partial charge on any atom is 0.337 e. The van der Waals surface area contributed by atoms with Gasteiger partial charge in [-0.15, -0.1) is 0 Å². The minimum Gasteiger partial charge on any atom is -0.478 e. The van der Waals surface area contributed by atoms with Crippen molar-refractivity contribution in [1.29, 1.82) is 0 Å². The molecule has 1 heterocycles. The van der Waals surface area contributed by atoms with Crippen molar-refractivity contribution in [3.8, 4) is 0 Å². The molecule has 1 amide bonds. The molecular formula is C23H22N2O4S. The fourth-order valence-corrected chi connectivity index (χ4v) is 4.95. The number of aromatic carboxylic acids is 1. The van der Waals surface area contributed by atoms with E-state index in [-0.39, 0.29) is 11.1 Å². The number of carboxylic acids is 1. The van der Waals surface area contributed by atoms with Gasteiger partial charge in [-0.25, -0.2) is 4.79 Å². The number of nitrogen functional groups attached to an aromatic ring is 1. The molecule has 0 saturated heterocycles. The smallest absolute Gasteiger partial charge is 0.337 e. The highest BCUT2D eigenvalue weighted by Crippen LogP contribution is 2.44. The molecule has 154 valence electrons. The van der Waals surface area contributed by atoms with Crippen LogP contribution in [-0.2, 0) is 11.2 Å². The number of hydrogen-bond donors (Lipinski definition) is 3. The maximum absolute atomic E-state index is 12.7. The van der Waals surface area contributed by atoms with Crippen LogP contribution in [0.1, 0.15) is 38.3 Å². The van der Waals surface area contributed by atoms with Crippen LogP contribution in [0.3, 0.4) is 0 Å². The van der Waals surface area contributed by atoms with E-state index >= 15 is 0 Å². The molecule has 0 saturated carbocycles. The third-order valence-electron chi connectivity index (χ3n) is 5.23. The molecule has 6 nitrogen and oxygen atoms in total. The van der Waals surface area contributed by atoms with Gasteiger partial charge < -0.3 is 20.9 Å². The van der Waals surface area contributed by atoms with E-state index in [0.29, 0.717) is 42.5 Å². The summed E-state index contributed by atoms with van der Waals surface area (Å²) in [5, 5.41) is 13.9. The van der Waals surface area contributed by atoms with E-state index in [1.54, 1.807) is 24.9 Å². The molecule has 0 unspecified atom stereocenters. The van der Waals surface area contributed by atoms with Gasteiger partial charge >= 0.3 is 5.97 Å². The molecule has 30 heavy (non-hydrogen) atoms. The van der Waals surface area contributed by atoms with Crippen LogP contribution in [0, 0.1) is 0 Å². The van der Waals surface area contributed by atoms with Gasteiger partial charge in [0.05, 0.1) is 11.1 Å². The van der Waals surface area contributed by atoms with Gasteiger partial charge in [0.1, 0.15) is 0 Å². The van der Waals surface area contributed by atoms with E-state index in [1.807, 2.05) is 18.2 Å². The normalized spacial score (nSPS) is 12.3. The van der Waals surface area contributed by atoms with Crippen LogP contribution >= 0.6 is 11.8 Å². The number of hydrogen-bond acceptors (Lipinski definition) is 5. The SMILES string of the molecule is COCCCNC(=O)c1cc(N)c2c3c(ccc2c1C(=O)O)Sc1ccccc1C3. The largest absolute Gasteiger partial charge is 0.478 e. The van der Waals surface area contributed by atoms with Gasteiger partial charge in [0.15, 0.2) is 0 Å². The van der Waals surface area contributed by atoms with Gasteiger partial charge in [0.2, 0.25) is 0 Å². The molecule has 0 radical (unpaired) electrons. The van der Waals surface area contributed by atoms with Gasteiger partial charge in [-0.1, -0.05) is 36.0 Å². The third kappa shape index (κ3) is 3.62. The molecule has 3 aromatic rings. The van der Waals surface area contributed by atoms with Crippen LogP contribution in [0.5, 0.6) is 0 Å². The van der Waals surface area contributed by atoms with Crippen LogP contribution in [0.2, 0.25) is 0 Å². The number of rotatable bonds is 6. The first kappa shape index (κ1) is 20.3. The van der Waals surface area contributed by atoms with Gasteiger partial charge in [-0.05, 0) is 41.1 Å². The van der Waals surface area contributed by atoms with Crippen molar-refractivity contribution in [2.75, 3.05) is 26.0 Å². The molecule has 0 fully saturated rings. The van der Waals surface area contributed by atoms with Gasteiger partial charge in [-0.2, -0.15) is 0 Å². The van der Waals surface area contributed by atoms with E-state index in [0.717, 1.165) is 10.5 Å². The molecule has 0 bridgehead atoms. The van der Waals surface area contributed by atoms with Gasteiger partial charge in [0.25, 0.3) is 5.91 Å². The van der Waals surface area contributed by atoms with Crippen molar-refractivity contribution in [1.82, 2.24) is 5.32 Å². The fourth-order valence-electron chi connectivity index (χ4n) is 3.86. The Hall–Kier alpha value is -3.03. The summed E-state index contributed by atoms with van der Waals surface area (Å²) in [6.45, 7) is 0.901. The van der Waals surface area contributed by atoms with E-state index in [9.17, 15) is 14.7 Å². The Bertz CT molecular complexity index is 1160. The second-order valence-corrected chi connectivity index (χ2v) is 8.23. The second kappa shape index (κ2) is 8.38. The molecule has 3 aromatic carbocycles. The highest BCUT2D eigenvalue weighted by molar-refractivity contribution is 7.99. The van der Waals surface area contributed by atoms with Crippen LogP contribution < -0.4 is 11.1 Å². The number of nitrogens with one attached hydrogen (secondary N) is 1. The number of nitrogens with two attached hydrogens (primary N) is 1. The zero-order valence-electron chi connectivity index (χ0n) is 16.5. The van der Waals surface area contributed by atoms with E-state index in [1.165, 1.54) is 16.5 Å². The monoisotopic (exact) mass is 422 g/mol. The first-order valence-electron chi connectivity index (χ1n) is 9.65. The summed E-state index contributed by atoms with van der Waals surface area (Å²) < 4.78 is 4.98. The quantitative estimate of drug-likeness (QED) is 0.321. The summed E-state index contributed by atoms with van der Waals surface area (Å²) in [5.74, 6) is -1.60. The Morgan fingerprint density at radius 1 is 1.20 bits per heavy atom.